The Morgan fingerprint density at radius 2 is 1.62 bits per heavy atom. The summed E-state index contributed by atoms with van der Waals surface area (Å²) < 4.78 is 0. The summed E-state index contributed by atoms with van der Waals surface area (Å²) in [6, 6.07) is -1.23. The van der Waals surface area contributed by atoms with E-state index in [2.05, 4.69) is 29.4 Å². The summed E-state index contributed by atoms with van der Waals surface area (Å²) in [5.41, 5.74) is 0.500. The Kier molecular flexibility index (Phi) is 13.8. The van der Waals surface area contributed by atoms with E-state index in [4.69, 9.17) is 0 Å². The molecule has 8 nitrogen and oxygen atoms in total. The van der Waals surface area contributed by atoms with Gasteiger partial charge in [0, 0.05) is 18.7 Å². The molecule has 1 heterocycles. The first-order chi connectivity index (χ1) is 17.2. The number of nitrogens with zero attached hydrogens (tertiary/aromatic N) is 2. The average Bonchev–Trinajstić information content (AvgIpc) is 2.83. The summed E-state index contributed by atoms with van der Waals surface area (Å²) in [7, 11) is 1.74. The minimum atomic E-state index is -0.651. The topological polar surface area (TPSA) is 102 Å². The molecule has 0 radical (unpaired) electrons. The maximum atomic E-state index is 13.7. The molecule has 3 N–H and O–H groups in total. The van der Waals surface area contributed by atoms with Crippen LogP contribution in [0.4, 0.5) is 0 Å². The van der Waals surface area contributed by atoms with Crippen LogP contribution in [0.15, 0.2) is 11.6 Å². The first kappa shape index (κ1) is 33.1. The Morgan fingerprint density at radius 3 is 2.11 bits per heavy atom. The van der Waals surface area contributed by atoms with Crippen molar-refractivity contribution in [2.75, 3.05) is 20.2 Å². The molecule has 1 aliphatic heterocycles. The third-order valence-corrected chi connectivity index (χ3v) is 7.31. The van der Waals surface area contributed by atoms with Gasteiger partial charge in [0.1, 0.15) is 6.04 Å². The summed E-state index contributed by atoms with van der Waals surface area (Å²) in [5, 5.41) is 15.6. The van der Waals surface area contributed by atoms with Gasteiger partial charge in [0.2, 0.25) is 17.7 Å². The number of amides is 3. The number of nitrogens with one attached hydrogen (secondary N) is 2. The molecule has 0 aromatic carbocycles. The molecule has 0 bridgehead atoms. The SMILES string of the molecule is CC(=C[C@H](C(C)C)N(C)C(=O)[C@@H](NC(=O)[C@H]1CCCCN1C(C)C)C(C)C)C(=O)N[C@H](CO)CC(C)C. The van der Waals surface area contributed by atoms with Crippen LogP contribution in [-0.2, 0) is 14.4 Å². The van der Waals surface area contributed by atoms with Crippen LogP contribution in [0.25, 0.3) is 0 Å². The summed E-state index contributed by atoms with van der Waals surface area (Å²) in [5.74, 6) is -0.172. The second kappa shape index (κ2) is 15.5. The number of aliphatic hydroxyl groups is 1. The van der Waals surface area contributed by atoms with Crippen molar-refractivity contribution in [1.29, 1.82) is 0 Å². The lowest BCUT2D eigenvalue weighted by molar-refractivity contribution is -0.140. The fraction of sp³-hybridized carbons (Fsp3) is 0.828. The van der Waals surface area contributed by atoms with E-state index in [1.165, 1.54) is 0 Å². The third-order valence-electron chi connectivity index (χ3n) is 7.31. The van der Waals surface area contributed by atoms with Gasteiger partial charge in [0.25, 0.3) is 0 Å². The molecule has 0 unspecified atom stereocenters. The van der Waals surface area contributed by atoms with Gasteiger partial charge in [0.15, 0.2) is 0 Å². The summed E-state index contributed by atoms with van der Waals surface area (Å²) in [6.07, 6.45) is 5.41. The molecule has 0 saturated carbocycles. The minimum absolute atomic E-state index is 0.0549. The standard InChI is InChI=1S/C29H54N4O4/c1-18(2)15-23(17-34)30-27(35)22(9)16-25(19(3)4)32(10)29(37)26(20(5)6)31-28(36)24-13-11-12-14-33(24)21(7)8/h16,18-21,23-26,34H,11-15,17H2,1-10H3,(H,30,35)(H,31,36)/t23-,24+,25+,26-/m0/s1. The Morgan fingerprint density at radius 1 is 1.00 bits per heavy atom. The van der Waals surface area contributed by atoms with Gasteiger partial charge in [-0.2, -0.15) is 0 Å². The Labute approximate surface area is 225 Å². The highest BCUT2D eigenvalue weighted by Crippen LogP contribution is 2.21. The second-order valence-electron chi connectivity index (χ2n) is 12.1. The quantitative estimate of drug-likeness (QED) is 0.322. The Bertz CT molecular complexity index is 778. The van der Waals surface area contributed by atoms with Crippen molar-refractivity contribution >= 4 is 17.7 Å². The molecular formula is C29H54N4O4. The van der Waals surface area contributed by atoms with Gasteiger partial charge in [0.05, 0.1) is 24.7 Å². The lowest BCUT2D eigenvalue weighted by Crippen LogP contribution is -2.58. The van der Waals surface area contributed by atoms with Crippen LogP contribution in [-0.4, -0.2) is 83.0 Å². The smallest absolute Gasteiger partial charge is 0.246 e. The predicted molar refractivity (Wildman–Crippen MR) is 150 cm³/mol. The highest BCUT2D eigenvalue weighted by molar-refractivity contribution is 5.93. The number of hydrogen-bond donors (Lipinski definition) is 3. The number of carbonyl (C=O) groups excluding carboxylic acids is 3. The first-order valence-corrected chi connectivity index (χ1v) is 14.1. The van der Waals surface area contributed by atoms with Gasteiger partial charge in [-0.3, -0.25) is 19.3 Å². The molecule has 0 aromatic rings. The Balaban J connectivity index is 3.05. The van der Waals surface area contributed by atoms with Crippen LogP contribution >= 0.6 is 0 Å². The molecular weight excluding hydrogens is 468 g/mol. The van der Waals surface area contributed by atoms with Crippen LogP contribution in [0.5, 0.6) is 0 Å². The molecule has 37 heavy (non-hydrogen) atoms. The molecule has 0 aromatic heterocycles. The van der Waals surface area contributed by atoms with E-state index in [0.29, 0.717) is 17.9 Å². The molecule has 0 aliphatic carbocycles. The van der Waals surface area contributed by atoms with E-state index in [1.54, 1.807) is 18.9 Å². The van der Waals surface area contributed by atoms with Crippen LogP contribution in [0.3, 0.4) is 0 Å². The molecule has 1 aliphatic rings. The molecule has 1 saturated heterocycles. The number of likely N-dealkylation sites (N-methyl/N-ethyl adjacent to an activating group) is 1. The summed E-state index contributed by atoms with van der Waals surface area (Å²) in [6.45, 7) is 18.7. The van der Waals surface area contributed by atoms with Crippen molar-refractivity contribution in [3.8, 4) is 0 Å². The average molecular weight is 523 g/mol. The van der Waals surface area contributed by atoms with E-state index in [1.807, 2.05) is 47.6 Å². The van der Waals surface area contributed by atoms with Crippen LogP contribution in [0.2, 0.25) is 0 Å². The molecule has 0 spiro atoms. The van der Waals surface area contributed by atoms with E-state index in [9.17, 15) is 19.5 Å². The number of hydrogen-bond acceptors (Lipinski definition) is 5. The second-order valence-corrected chi connectivity index (χ2v) is 12.1. The van der Waals surface area contributed by atoms with E-state index >= 15 is 0 Å². The molecule has 4 atom stereocenters. The van der Waals surface area contributed by atoms with Gasteiger partial charge in [-0.25, -0.2) is 0 Å². The highest BCUT2D eigenvalue weighted by atomic mass is 16.3. The van der Waals surface area contributed by atoms with Gasteiger partial charge in [-0.1, -0.05) is 54.0 Å². The minimum Gasteiger partial charge on any atom is -0.394 e. The molecule has 1 fully saturated rings. The van der Waals surface area contributed by atoms with Crippen molar-refractivity contribution in [1.82, 2.24) is 20.4 Å². The van der Waals surface area contributed by atoms with Crippen molar-refractivity contribution in [3.63, 3.8) is 0 Å². The molecule has 8 heteroatoms. The summed E-state index contributed by atoms with van der Waals surface area (Å²) in [4.78, 5) is 43.7. The lowest BCUT2D eigenvalue weighted by Gasteiger charge is -2.39. The summed E-state index contributed by atoms with van der Waals surface area (Å²) >= 11 is 0. The van der Waals surface area contributed by atoms with Crippen LogP contribution in [0.1, 0.15) is 88.0 Å². The molecule has 214 valence electrons. The van der Waals surface area contributed by atoms with Crippen molar-refractivity contribution in [2.45, 2.75) is 118 Å². The number of rotatable bonds is 13. The van der Waals surface area contributed by atoms with Gasteiger partial charge in [-0.05, 0) is 64.3 Å². The zero-order chi connectivity index (χ0) is 28.4. The largest absolute Gasteiger partial charge is 0.394 e. The normalized spacial score (nSPS) is 19.8. The first-order valence-electron chi connectivity index (χ1n) is 14.1. The van der Waals surface area contributed by atoms with E-state index in [0.717, 1.165) is 25.8 Å². The van der Waals surface area contributed by atoms with Crippen LogP contribution in [0, 0.1) is 17.8 Å². The van der Waals surface area contributed by atoms with Crippen molar-refractivity contribution < 1.29 is 19.5 Å². The third kappa shape index (κ3) is 10.0. The molecule has 3 amide bonds. The van der Waals surface area contributed by atoms with Gasteiger partial charge >= 0.3 is 0 Å². The predicted octanol–water partition coefficient (Wildman–Crippen LogP) is 3.34. The fourth-order valence-corrected chi connectivity index (χ4v) is 5.11. The highest BCUT2D eigenvalue weighted by Gasteiger charge is 2.36. The number of likely N-dealkylation sites (tertiary alicyclic amines) is 1. The maximum Gasteiger partial charge on any atom is 0.246 e. The number of carbonyl (C=O) groups is 3. The van der Waals surface area contributed by atoms with E-state index < -0.39 is 6.04 Å². The van der Waals surface area contributed by atoms with Crippen molar-refractivity contribution in [2.24, 2.45) is 17.8 Å². The number of aliphatic hydroxyl groups excluding tert-OH is 1. The monoisotopic (exact) mass is 522 g/mol. The van der Waals surface area contributed by atoms with Gasteiger partial charge in [-0.15, -0.1) is 0 Å². The molecule has 1 rings (SSSR count). The Hall–Kier alpha value is -1.93. The van der Waals surface area contributed by atoms with E-state index in [-0.39, 0.29) is 60.3 Å². The maximum absolute atomic E-state index is 13.7. The number of piperidine rings is 1. The zero-order valence-electron chi connectivity index (χ0n) is 25.0. The lowest BCUT2D eigenvalue weighted by atomic mass is 9.95. The van der Waals surface area contributed by atoms with Crippen LogP contribution < -0.4 is 10.6 Å². The fourth-order valence-electron chi connectivity index (χ4n) is 5.11. The van der Waals surface area contributed by atoms with Crippen molar-refractivity contribution in [3.05, 3.63) is 11.6 Å². The zero-order valence-corrected chi connectivity index (χ0v) is 25.0. The van der Waals surface area contributed by atoms with Gasteiger partial charge < -0.3 is 20.6 Å².